The molecule has 4 nitrogen and oxygen atoms in total. The van der Waals surface area contributed by atoms with Gasteiger partial charge in [-0.15, -0.1) is 0 Å². The summed E-state index contributed by atoms with van der Waals surface area (Å²) in [7, 11) is 0. The first-order valence-corrected chi connectivity index (χ1v) is 5.50. The minimum Gasteiger partial charge on any atom is -0.423 e. The maximum absolute atomic E-state index is 11.9. The second-order valence-corrected chi connectivity index (χ2v) is 4.03. The lowest BCUT2D eigenvalue weighted by Crippen LogP contribution is -2.09. The van der Waals surface area contributed by atoms with E-state index in [0.29, 0.717) is 22.7 Å². The summed E-state index contributed by atoms with van der Waals surface area (Å²) in [5.41, 5.74) is 13.8. The second-order valence-electron chi connectivity index (χ2n) is 4.03. The molecule has 2 aromatic carbocycles. The minimum atomic E-state index is -0.438. The Kier molecular flexibility index (Phi) is 3.19. The quantitative estimate of drug-likeness (QED) is 0.481. The molecular formula is C14H14N2O2. The number of nitrogens with two attached hydrogens (primary N) is 2. The Morgan fingerprint density at radius 2 is 1.89 bits per heavy atom. The van der Waals surface area contributed by atoms with E-state index in [-0.39, 0.29) is 0 Å². The molecule has 0 saturated carbocycles. The van der Waals surface area contributed by atoms with Gasteiger partial charge >= 0.3 is 5.97 Å². The van der Waals surface area contributed by atoms with Crippen molar-refractivity contribution in [2.24, 2.45) is 0 Å². The Labute approximate surface area is 105 Å². The van der Waals surface area contributed by atoms with Gasteiger partial charge in [0.15, 0.2) is 0 Å². The number of hydrogen-bond donors (Lipinski definition) is 2. The van der Waals surface area contributed by atoms with Crippen molar-refractivity contribution in [3.05, 3.63) is 53.6 Å². The Morgan fingerprint density at radius 1 is 1.11 bits per heavy atom. The average Bonchev–Trinajstić information content (AvgIpc) is 2.34. The molecule has 18 heavy (non-hydrogen) atoms. The number of ether oxygens (including phenoxy) is 1. The van der Waals surface area contributed by atoms with Gasteiger partial charge < -0.3 is 16.2 Å². The lowest BCUT2D eigenvalue weighted by atomic mass is 10.2. The highest BCUT2D eigenvalue weighted by Gasteiger charge is 2.09. The number of rotatable bonds is 2. The Morgan fingerprint density at radius 3 is 2.56 bits per heavy atom. The zero-order valence-electron chi connectivity index (χ0n) is 10.0. The van der Waals surface area contributed by atoms with E-state index in [1.54, 1.807) is 42.5 Å². The summed E-state index contributed by atoms with van der Waals surface area (Å²) in [5, 5.41) is 0. The van der Waals surface area contributed by atoms with Crippen molar-refractivity contribution in [1.29, 1.82) is 0 Å². The summed E-state index contributed by atoms with van der Waals surface area (Å²) in [5.74, 6) is 0.0283. The average molecular weight is 242 g/mol. The fourth-order valence-corrected chi connectivity index (χ4v) is 1.54. The van der Waals surface area contributed by atoms with Crippen LogP contribution in [0.1, 0.15) is 15.9 Å². The van der Waals surface area contributed by atoms with Crippen LogP contribution in [0.5, 0.6) is 5.75 Å². The van der Waals surface area contributed by atoms with Gasteiger partial charge in [-0.3, -0.25) is 0 Å². The fraction of sp³-hybridized carbons (Fsp3) is 0.0714. The van der Waals surface area contributed by atoms with Gasteiger partial charge in [0.25, 0.3) is 0 Å². The van der Waals surface area contributed by atoms with Crippen LogP contribution >= 0.6 is 0 Å². The monoisotopic (exact) mass is 242 g/mol. The van der Waals surface area contributed by atoms with Crippen LogP contribution in [-0.4, -0.2) is 5.97 Å². The van der Waals surface area contributed by atoms with E-state index in [1.165, 1.54) is 0 Å². The molecule has 0 aliphatic rings. The number of esters is 1. The van der Waals surface area contributed by atoms with Crippen LogP contribution in [0.2, 0.25) is 0 Å². The summed E-state index contributed by atoms with van der Waals surface area (Å²) in [4.78, 5) is 11.9. The van der Waals surface area contributed by atoms with Crippen molar-refractivity contribution < 1.29 is 9.53 Å². The van der Waals surface area contributed by atoms with Gasteiger partial charge in [0.05, 0.1) is 5.56 Å². The smallest absolute Gasteiger partial charge is 0.343 e. The molecule has 4 heteroatoms. The van der Waals surface area contributed by atoms with E-state index < -0.39 is 5.97 Å². The van der Waals surface area contributed by atoms with Crippen LogP contribution in [-0.2, 0) is 0 Å². The molecular weight excluding hydrogens is 228 g/mol. The van der Waals surface area contributed by atoms with Crippen molar-refractivity contribution >= 4 is 17.3 Å². The predicted octanol–water partition coefficient (Wildman–Crippen LogP) is 2.38. The molecule has 0 amide bonds. The third kappa shape index (κ3) is 2.60. The number of hydrogen-bond acceptors (Lipinski definition) is 4. The van der Waals surface area contributed by atoms with Crippen LogP contribution in [0.4, 0.5) is 11.4 Å². The van der Waals surface area contributed by atoms with Gasteiger partial charge in [-0.25, -0.2) is 4.79 Å². The number of nitrogen functional groups attached to an aromatic ring is 2. The molecule has 0 fully saturated rings. The van der Waals surface area contributed by atoms with Crippen LogP contribution in [0, 0.1) is 6.92 Å². The standard InChI is InChI=1S/C14H14N2O2/c1-9-7-12(5-6-13(9)16)18-14(17)10-3-2-4-11(15)8-10/h2-8H,15-16H2,1H3. The normalized spacial score (nSPS) is 10.1. The highest BCUT2D eigenvalue weighted by Crippen LogP contribution is 2.20. The van der Waals surface area contributed by atoms with Gasteiger partial charge in [-0.2, -0.15) is 0 Å². The number of carbonyl (C=O) groups excluding carboxylic acids is 1. The van der Waals surface area contributed by atoms with Crippen LogP contribution in [0.25, 0.3) is 0 Å². The molecule has 2 rings (SSSR count). The van der Waals surface area contributed by atoms with E-state index in [2.05, 4.69) is 0 Å². The third-order valence-corrected chi connectivity index (χ3v) is 2.57. The molecule has 0 aromatic heterocycles. The molecule has 0 spiro atoms. The Hall–Kier alpha value is -2.49. The van der Waals surface area contributed by atoms with Gasteiger partial charge in [0.2, 0.25) is 0 Å². The third-order valence-electron chi connectivity index (χ3n) is 2.57. The molecule has 0 aliphatic carbocycles. The largest absolute Gasteiger partial charge is 0.423 e. The van der Waals surface area contributed by atoms with E-state index >= 15 is 0 Å². The first kappa shape index (κ1) is 12.0. The lowest BCUT2D eigenvalue weighted by Gasteiger charge is -2.07. The van der Waals surface area contributed by atoms with E-state index in [4.69, 9.17) is 16.2 Å². The lowest BCUT2D eigenvalue weighted by molar-refractivity contribution is 0.0735. The summed E-state index contributed by atoms with van der Waals surface area (Å²) in [6.45, 7) is 1.85. The second kappa shape index (κ2) is 4.79. The van der Waals surface area contributed by atoms with E-state index in [9.17, 15) is 4.79 Å². The van der Waals surface area contributed by atoms with Crippen LogP contribution < -0.4 is 16.2 Å². The summed E-state index contributed by atoms with van der Waals surface area (Å²) in [6.07, 6.45) is 0. The Balaban J connectivity index is 2.18. The zero-order chi connectivity index (χ0) is 13.1. The molecule has 2 aromatic rings. The van der Waals surface area contributed by atoms with Crippen molar-refractivity contribution in [2.45, 2.75) is 6.92 Å². The van der Waals surface area contributed by atoms with Crippen molar-refractivity contribution in [2.75, 3.05) is 11.5 Å². The Bertz CT molecular complexity index is 594. The first-order chi connectivity index (χ1) is 8.56. The highest BCUT2D eigenvalue weighted by atomic mass is 16.5. The minimum absolute atomic E-state index is 0.421. The molecule has 92 valence electrons. The number of aryl methyl sites for hydroxylation is 1. The molecule has 0 atom stereocenters. The van der Waals surface area contributed by atoms with Crippen LogP contribution in [0.3, 0.4) is 0 Å². The molecule has 0 radical (unpaired) electrons. The SMILES string of the molecule is Cc1cc(OC(=O)c2cccc(N)c2)ccc1N. The predicted molar refractivity (Wildman–Crippen MR) is 71.4 cm³/mol. The van der Waals surface area contributed by atoms with Crippen molar-refractivity contribution in [1.82, 2.24) is 0 Å². The van der Waals surface area contributed by atoms with Gasteiger partial charge in [-0.1, -0.05) is 6.07 Å². The molecule has 0 heterocycles. The molecule has 4 N–H and O–H groups in total. The molecule has 0 bridgehead atoms. The summed E-state index contributed by atoms with van der Waals surface area (Å²) >= 11 is 0. The maximum Gasteiger partial charge on any atom is 0.343 e. The topological polar surface area (TPSA) is 78.3 Å². The molecule has 0 aliphatic heterocycles. The fourth-order valence-electron chi connectivity index (χ4n) is 1.54. The molecule has 0 unspecified atom stereocenters. The number of anilines is 2. The zero-order valence-corrected chi connectivity index (χ0v) is 10.0. The maximum atomic E-state index is 11.9. The van der Waals surface area contributed by atoms with Crippen molar-refractivity contribution in [3.63, 3.8) is 0 Å². The highest BCUT2D eigenvalue weighted by molar-refractivity contribution is 5.92. The van der Waals surface area contributed by atoms with Gasteiger partial charge in [0.1, 0.15) is 5.75 Å². The van der Waals surface area contributed by atoms with Gasteiger partial charge in [0, 0.05) is 11.4 Å². The molecule has 0 saturated heterocycles. The van der Waals surface area contributed by atoms with Gasteiger partial charge in [-0.05, 0) is 48.9 Å². The van der Waals surface area contributed by atoms with E-state index in [1.807, 2.05) is 6.92 Å². The first-order valence-electron chi connectivity index (χ1n) is 5.50. The van der Waals surface area contributed by atoms with E-state index in [0.717, 1.165) is 5.56 Å². The summed E-state index contributed by atoms with van der Waals surface area (Å²) < 4.78 is 5.24. The number of benzene rings is 2. The van der Waals surface area contributed by atoms with Crippen LogP contribution in [0.15, 0.2) is 42.5 Å². The van der Waals surface area contributed by atoms with Crippen molar-refractivity contribution in [3.8, 4) is 5.75 Å². The summed E-state index contributed by atoms with van der Waals surface area (Å²) in [6, 6.07) is 11.7. The number of carbonyl (C=O) groups is 1.